The fraction of sp³-hybridized carbons (Fsp3) is 0.0833. The number of nitrogens with zero attached hydrogens (tertiary/aromatic N) is 2. The molecular formula is C12H10FN3O. The van der Waals surface area contributed by atoms with Gasteiger partial charge in [-0.3, -0.25) is 9.78 Å². The maximum Gasteiger partial charge on any atom is 0.273 e. The molecule has 0 aromatic carbocycles. The number of amides is 1. The van der Waals surface area contributed by atoms with E-state index in [0.29, 0.717) is 5.69 Å². The number of hydrogen-bond donors (Lipinski definition) is 1. The van der Waals surface area contributed by atoms with Crippen molar-refractivity contribution in [2.75, 3.05) is 0 Å². The largest absolute Gasteiger partial charge is 0.345 e. The lowest BCUT2D eigenvalue weighted by Crippen LogP contribution is -2.25. The third kappa shape index (κ3) is 2.84. The number of carbonyl (C=O) groups is 1. The molecular weight excluding hydrogens is 221 g/mol. The van der Waals surface area contributed by atoms with Gasteiger partial charge in [0.15, 0.2) is 11.5 Å². The molecule has 1 N–H and O–H groups in total. The molecule has 1 amide bonds. The van der Waals surface area contributed by atoms with Crippen molar-refractivity contribution < 1.29 is 9.18 Å². The number of pyridine rings is 2. The van der Waals surface area contributed by atoms with E-state index in [4.69, 9.17) is 0 Å². The summed E-state index contributed by atoms with van der Waals surface area (Å²) < 4.78 is 13.2. The molecule has 0 aliphatic carbocycles. The molecule has 17 heavy (non-hydrogen) atoms. The highest BCUT2D eigenvalue weighted by Gasteiger charge is 2.11. The Morgan fingerprint density at radius 2 is 2.00 bits per heavy atom. The summed E-state index contributed by atoms with van der Waals surface area (Å²) in [5.74, 6) is -1.18. The van der Waals surface area contributed by atoms with Gasteiger partial charge in [-0.05, 0) is 24.3 Å². The van der Waals surface area contributed by atoms with Crippen molar-refractivity contribution in [2.24, 2.45) is 0 Å². The van der Waals surface area contributed by atoms with Gasteiger partial charge < -0.3 is 5.32 Å². The molecule has 5 heteroatoms. The Hall–Kier alpha value is -2.30. The van der Waals surface area contributed by atoms with E-state index in [1.54, 1.807) is 18.3 Å². The minimum Gasteiger partial charge on any atom is -0.345 e. The van der Waals surface area contributed by atoms with Crippen LogP contribution in [0.25, 0.3) is 0 Å². The fourth-order valence-corrected chi connectivity index (χ4v) is 1.31. The Labute approximate surface area is 97.5 Å². The average molecular weight is 231 g/mol. The van der Waals surface area contributed by atoms with Crippen LogP contribution in [0.2, 0.25) is 0 Å². The second-order valence-electron chi connectivity index (χ2n) is 3.34. The Kier molecular flexibility index (Phi) is 3.40. The van der Waals surface area contributed by atoms with E-state index >= 15 is 0 Å². The average Bonchev–Trinajstić information content (AvgIpc) is 2.38. The van der Waals surface area contributed by atoms with E-state index in [-0.39, 0.29) is 12.2 Å². The number of nitrogens with one attached hydrogen (secondary N) is 1. The summed E-state index contributed by atoms with van der Waals surface area (Å²) in [5, 5.41) is 2.55. The second kappa shape index (κ2) is 5.16. The maximum absolute atomic E-state index is 13.2. The number of hydrogen-bond acceptors (Lipinski definition) is 3. The first-order valence-electron chi connectivity index (χ1n) is 5.06. The van der Waals surface area contributed by atoms with Crippen LogP contribution in [0.5, 0.6) is 0 Å². The number of aromatic nitrogens is 2. The maximum atomic E-state index is 13.2. The Bertz CT molecular complexity index is 516. The molecule has 0 fully saturated rings. The fourth-order valence-electron chi connectivity index (χ4n) is 1.31. The summed E-state index contributed by atoms with van der Waals surface area (Å²) in [5.41, 5.74) is 0.501. The van der Waals surface area contributed by atoms with Crippen LogP contribution < -0.4 is 5.32 Å². The quantitative estimate of drug-likeness (QED) is 0.871. The van der Waals surface area contributed by atoms with Gasteiger partial charge in [0.25, 0.3) is 5.91 Å². The van der Waals surface area contributed by atoms with E-state index in [0.717, 1.165) is 0 Å². The normalized spacial score (nSPS) is 9.94. The molecule has 0 aliphatic rings. The Balaban J connectivity index is 2.01. The molecule has 0 unspecified atom stereocenters. The smallest absolute Gasteiger partial charge is 0.273 e. The van der Waals surface area contributed by atoms with Gasteiger partial charge in [0.05, 0.1) is 12.2 Å². The summed E-state index contributed by atoms with van der Waals surface area (Å²) in [6, 6.07) is 8.00. The molecule has 2 aromatic heterocycles. The van der Waals surface area contributed by atoms with Crippen molar-refractivity contribution in [1.29, 1.82) is 0 Å². The van der Waals surface area contributed by atoms with Gasteiger partial charge >= 0.3 is 0 Å². The molecule has 0 saturated carbocycles. The summed E-state index contributed by atoms with van der Waals surface area (Å²) in [6.07, 6.45) is 3.00. The third-order valence-electron chi connectivity index (χ3n) is 2.13. The van der Waals surface area contributed by atoms with Crippen LogP contribution >= 0.6 is 0 Å². The molecule has 2 rings (SSSR count). The molecule has 0 atom stereocenters. The van der Waals surface area contributed by atoms with Crippen LogP contribution in [-0.2, 0) is 6.54 Å². The van der Waals surface area contributed by atoms with Gasteiger partial charge in [-0.15, -0.1) is 0 Å². The summed E-state index contributed by atoms with van der Waals surface area (Å²) in [4.78, 5) is 19.3. The third-order valence-corrected chi connectivity index (χ3v) is 2.13. The number of carbonyl (C=O) groups excluding carboxylic acids is 1. The highest BCUT2D eigenvalue weighted by Crippen LogP contribution is 2.02. The zero-order chi connectivity index (χ0) is 12.1. The second-order valence-corrected chi connectivity index (χ2v) is 3.34. The summed E-state index contributed by atoms with van der Waals surface area (Å²) >= 11 is 0. The predicted octanol–water partition coefficient (Wildman–Crippen LogP) is 1.55. The highest BCUT2D eigenvalue weighted by molar-refractivity contribution is 5.92. The minimum atomic E-state index is -0.633. The van der Waals surface area contributed by atoms with Crippen molar-refractivity contribution in [2.45, 2.75) is 6.54 Å². The van der Waals surface area contributed by atoms with E-state index in [9.17, 15) is 9.18 Å². The van der Waals surface area contributed by atoms with Crippen LogP contribution in [-0.4, -0.2) is 15.9 Å². The van der Waals surface area contributed by atoms with Gasteiger partial charge in [-0.1, -0.05) is 6.07 Å². The van der Waals surface area contributed by atoms with Crippen molar-refractivity contribution in [3.63, 3.8) is 0 Å². The summed E-state index contributed by atoms with van der Waals surface area (Å²) in [7, 11) is 0. The molecule has 0 spiro atoms. The van der Waals surface area contributed by atoms with Crippen molar-refractivity contribution >= 4 is 5.91 Å². The molecule has 0 aliphatic heterocycles. The van der Waals surface area contributed by atoms with Crippen LogP contribution in [0.1, 0.15) is 16.2 Å². The van der Waals surface area contributed by atoms with Crippen LogP contribution in [0.3, 0.4) is 0 Å². The molecule has 0 bridgehead atoms. The standard InChI is InChI=1S/C12H10FN3O/c13-10-5-3-7-15-11(10)12(17)16-8-9-4-1-2-6-14-9/h1-7H,8H2,(H,16,17). The lowest BCUT2D eigenvalue weighted by molar-refractivity contribution is 0.0941. The predicted molar refractivity (Wildman–Crippen MR) is 59.6 cm³/mol. The van der Waals surface area contributed by atoms with Crippen LogP contribution in [0.4, 0.5) is 4.39 Å². The van der Waals surface area contributed by atoms with Gasteiger partial charge in [0.2, 0.25) is 0 Å². The van der Waals surface area contributed by atoms with E-state index in [1.165, 1.54) is 18.3 Å². The molecule has 86 valence electrons. The lowest BCUT2D eigenvalue weighted by atomic mass is 10.3. The van der Waals surface area contributed by atoms with Crippen molar-refractivity contribution in [3.05, 3.63) is 59.9 Å². The zero-order valence-corrected chi connectivity index (χ0v) is 8.93. The molecule has 2 heterocycles. The van der Waals surface area contributed by atoms with Crippen LogP contribution in [0.15, 0.2) is 42.7 Å². The Morgan fingerprint density at radius 1 is 1.18 bits per heavy atom. The van der Waals surface area contributed by atoms with E-state index in [1.807, 2.05) is 6.07 Å². The van der Waals surface area contributed by atoms with Crippen LogP contribution in [0, 0.1) is 5.82 Å². The van der Waals surface area contributed by atoms with E-state index < -0.39 is 11.7 Å². The SMILES string of the molecule is O=C(NCc1ccccn1)c1ncccc1F. The monoisotopic (exact) mass is 231 g/mol. The topological polar surface area (TPSA) is 54.9 Å². The first-order valence-corrected chi connectivity index (χ1v) is 5.06. The molecule has 4 nitrogen and oxygen atoms in total. The van der Waals surface area contributed by atoms with Crippen molar-refractivity contribution in [1.82, 2.24) is 15.3 Å². The minimum absolute atomic E-state index is 0.205. The van der Waals surface area contributed by atoms with Gasteiger partial charge in [0.1, 0.15) is 0 Å². The zero-order valence-electron chi connectivity index (χ0n) is 8.93. The van der Waals surface area contributed by atoms with Crippen molar-refractivity contribution in [3.8, 4) is 0 Å². The molecule has 0 radical (unpaired) electrons. The van der Waals surface area contributed by atoms with Gasteiger partial charge in [-0.25, -0.2) is 9.37 Å². The molecule has 2 aromatic rings. The highest BCUT2D eigenvalue weighted by atomic mass is 19.1. The van der Waals surface area contributed by atoms with Gasteiger partial charge in [-0.2, -0.15) is 0 Å². The first-order chi connectivity index (χ1) is 8.27. The molecule has 0 saturated heterocycles. The van der Waals surface area contributed by atoms with E-state index in [2.05, 4.69) is 15.3 Å². The number of halogens is 1. The summed E-state index contributed by atoms with van der Waals surface area (Å²) in [6.45, 7) is 0.246. The Morgan fingerprint density at radius 3 is 2.71 bits per heavy atom. The number of rotatable bonds is 3. The van der Waals surface area contributed by atoms with Gasteiger partial charge in [0, 0.05) is 12.4 Å². The first kappa shape index (κ1) is 11.2. The lowest BCUT2D eigenvalue weighted by Gasteiger charge is -2.04.